The molecule has 0 saturated carbocycles. The second-order valence-corrected chi connectivity index (χ2v) is 9.10. The van der Waals surface area contributed by atoms with Crippen molar-refractivity contribution in [2.45, 2.75) is 85.1 Å². The van der Waals surface area contributed by atoms with Crippen molar-refractivity contribution in [3.63, 3.8) is 0 Å². The molecule has 3 rings (SSSR count). The zero-order valence-electron chi connectivity index (χ0n) is 20.2. The first-order valence-electron chi connectivity index (χ1n) is 12.4. The van der Waals surface area contributed by atoms with Gasteiger partial charge in [-0.3, -0.25) is 4.90 Å². The Bertz CT molecular complexity index is 840. The average Bonchev–Trinajstić information content (AvgIpc) is 2.78. The van der Waals surface area contributed by atoms with Crippen molar-refractivity contribution in [1.29, 1.82) is 0 Å². The lowest BCUT2D eigenvalue weighted by atomic mass is 9.83. The Balaban J connectivity index is 1.68. The maximum atomic E-state index is 3.83. The van der Waals surface area contributed by atoms with Crippen molar-refractivity contribution in [1.82, 2.24) is 10.2 Å². The third-order valence-corrected chi connectivity index (χ3v) is 6.78. The topological polar surface area (TPSA) is 15.3 Å². The van der Waals surface area contributed by atoms with Crippen molar-refractivity contribution in [2.75, 3.05) is 13.1 Å². The molecule has 0 amide bonds. The molecule has 1 aromatic carbocycles. The van der Waals surface area contributed by atoms with Gasteiger partial charge in [0.15, 0.2) is 0 Å². The van der Waals surface area contributed by atoms with Crippen LogP contribution in [-0.4, -0.2) is 24.0 Å². The Labute approximate surface area is 190 Å². The van der Waals surface area contributed by atoms with E-state index in [-0.39, 0.29) is 0 Å². The van der Waals surface area contributed by atoms with Crippen molar-refractivity contribution in [3.8, 4) is 0 Å². The van der Waals surface area contributed by atoms with Gasteiger partial charge in [-0.05, 0) is 69.1 Å². The molecule has 31 heavy (non-hydrogen) atoms. The van der Waals surface area contributed by atoms with Gasteiger partial charge in [0.05, 0.1) is 0 Å². The van der Waals surface area contributed by atoms with Gasteiger partial charge in [0.1, 0.15) is 0 Å². The number of hydrogen-bond donors (Lipinski definition) is 1. The van der Waals surface area contributed by atoms with Crippen LogP contribution in [0.2, 0.25) is 0 Å². The van der Waals surface area contributed by atoms with Gasteiger partial charge in [-0.2, -0.15) is 0 Å². The van der Waals surface area contributed by atoms with Crippen LogP contribution in [0.3, 0.4) is 0 Å². The van der Waals surface area contributed by atoms with Gasteiger partial charge < -0.3 is 5.32 Å². The van der Waals surface area contributed by atoms with Crippen LogP contribution in [-0.2, 0) is 19.3 Å². The quantitative estimate of drug-likeness (QED) is 0.440. The average molecular weight is 419 g/mol. The fourth-order valence-electron chi connectivity index (χ4n) is 5.01. The number of nitrogens with zero attached hydrogens (tertiary/aromatic N) is 1. The number of rotatable bonds is 9. The highest BCUT2D eigenvalue weighted by atomic mass is 15.2. The lowest BCUT2D eigenvalue weighted by Crippen LogP contribution is -2.45. The first kappa shape index (κ1) is 23.6. The minimum Gasteiger partial charge on any atom is -0.361 e. The van der Waals surface area contributed by atoms with E-state index < -0.39 is 0 Å². The number of allylic oxidation sites excluding steroid dienone is 5. The zero-order valence-corrected chi connectivity index (χ0v) is 20.2. The third kappa shape index (κ3) is 6.46. The van der Waals surface area contributed by atoms with E-state index in [4.69, 9.17) is 0 Å². The normalized spacial score (nSPS) is 20.6. The first-order valence-corrected chi connectivity index (χ1v) is 12.4. The number of hydrogen-bond acceptors (Lipinski definition) is 2. The summed E-state index contributed by atoms with van der Waals surface area (Å²) in [5.41, 5.74) is 9.13. The predicted octanol–water partition coefficient (Wildman–Crippen LogP) is 6.88. The van der Waals surface area contributed by atoms with Gasteiger partial charge in [-0.15, -0.1) is 0 Å². The van der Waals surface area contributed by atoms with E-state index in [2.05, 4.69) is 86.5 Å². The van der Waals surface area contributed by atoms with Gasteiger partial charge in [-0.1, -0.05) is 74.4 Å². The number of aryl methyl sites for hydroxylation is 2. The Kier molecular flexibility index (Phi) is 9.21. The highest BCUT2D eigenvalue weighted by molar-refractivity contribution is 5.38. The number of benzene rings is 1. The van der Waals surface area contributed by atoms with Crippen LogP contribution >= 0.6 is 0 Å². The Morgan fingerprint density at radius 3 is 2.84 bits per heavy atom. The number of fused-ring (bicyclic) bond motifs is 1. The van der Waals surface area contributed by atoms with E-state index in [1.807, 2.05) is 0 Å². The summed E-state index contributed by atoms with van der Waals surface area (Å²) >= 11 is 0. The van der Waals surface area contributed by atoms with Gasteiger partial charge in [0.25, 0.3) is 0 Å². The van der Waals surface area contributed by atoms with Gasteiger partial charge in [-0.25, -0.2) is 0 Å². The Morgan fingerprint density at radius 1 is 1.19 bits per heavy atom. The molecule has 2 aliphatic rings. The Hall–Kier alpha value is -2.06. The maximum Gasteiger partial charge on any atom is 0.0387 e. The second-order valence-electron chi connectivity index (χ2n) is 9.10. The summed E-state index contributed by atoms with van der Waals surface area (Å²) in [5, 5.41) is 3.83. The second kappa shape index (κ2) is 12.1. The molecule has 1 atom stereocenters. The molecule has 1 unspecified atom stereocenters. The fraction of sp³-hybridized carbons (Fsp3) is 0.517. The monoisotopic (exact) mass is 418 g/mol. The lowest BCUT2D eigenvalue weighted by molar-refractivity contribution is 0.184. The predicted molar refractivity (Wildman–Crippen MR) is 135 cm³/mol. The van der Waals surface area contributed by atoms with Crippen molar-refractivity contribution >= 4 is 0 Å². The van der Waals surface area contributed by atoms with Crippen LogP contribution in [0.5, 0.6) is 0 Å². The van der Waals surface area contributed by atoms with E-state index in [1.54, 1.807) is 16.7 Å². The minimum absolute atomic E-state index is 0.670. The molecular weight excluding hydrogens is 376 g/mol. The van der Waals surface area contributed by atoms with Crippen molar-refractivity contribution in [3.05, 3.63) is 82.2 Å². The summed E-state index contributed by atoms with van der Waals surface area (Å²) in [4.78, 5) is 2.75. The van der Waals surface area contributed by atoms with E-state index in [0.717, 1.165) is 19.4 Å². The molecule has 0 spiro atoms. The summed E-state index contributed by atoms with van der Waals surface area (Å²) in [7, 11) is 0. The molecule has 1 aliphatic carbocycles. The summed E-state index contributed by atoms with van der Waals surface area (Å²) < 4.78 is 0. The fourth-order valence-corrected chi connectivity index (χ4v) is 5.01. The first-order chi connectivity index (χ1) is 15.2. The van der Waals surface area contributed by atoms with E-state index in [1.165, 1.54) is 62.0 Å². The molecule has 0 aromatic heterocycles. The van der Waals surface area contributed by atoms with Crippen LogP contribution in [0.15, 0.2) is 65.5 Å². The zero-order chi connectivity index (χ0) is 22.1. The number of nitrogens with one attached hydrogen (secondary N) is 1. The van der Waals surface area contributed by atoms with Crippen LogP contribution < -0.4 is 5.32 Å². The third-order valence-electron chi connectivity index (χ3n) is 6.78. The van der Waals surface area contributed by atoms with Crippen molar-refractivity contribution in [2.24, 2.45) is 0 Å². The molecule has 1 aromatic rings. The highest BCUT2D eigenvalue weighted by Crippen LogP contribution is 2.30. The van der Waals surface area contributed by atoms with E-state index >= 15 is 0 Å². The SMILES string of the molecule is C/C=C\C=C/C/C(=C\CC)NC1=C(C)CCN(C2CCc3cccc(CCC)c3C2)C1. The molecule has 1 N–H and O–H groups in total. The summed E-state index contributed by atoms with van der Waals surface area (Å²) in [5.74, 6) is 0. The summed E-state index contributed by atoms with van der Waals surface area (Å²) in [6, 6.07) is 7.66. The standard InChI is InChI=1S/C29H42N2/c1-5-8-9-10-16-26(13-7-3)30-29-22-31(20-19-23(29)4)27-18-17-25-15-11-14-24(12-6-2)28(25)21-27/h5,8-11,13-15,27,30H,6-7,12,16-22H2,1-4H3/b8-5-,10-9-,26-13+. The van der Waals surface area contributed by atoms with Gasteiger partial charge >= 0.3 is 0 Å². The summed E-state index contributed by atoms with van der Waals surface area (Å²) in [6.45, 7) is 11.1. The van der Waals surface area contributed by atoms with Crippen molar-refractivity contribution < 1.29 is 0 Å². The van der Waals surface area contributed by atoms with Crippen LogP contribution in [0.25, 0.3) is 0 Å². The van der Waals surface area contributed by atoms with Gasteiger partial charge in [0, 0.05) is 36.9 Å². The molecular formula is C29H42N2. The van der Waals surface area contributed by atoms with Crippen LogP contribution in [0.4, 0.5) is 0 Å². The summed E-state index contributed by atoms with van der Waals surface area (Å²) in [6.07, 6.45) is 20.3. The largest absolute Gasteiger partial charge is 0.361 e. The van der Waals surface area contributed by atoms with Crippen LogP contribution in [0, 0.1) is 0 Å². The molecule has 0 bridgehead atoms. The highest BCUT2D eigenvalue weighted by Gasteiger charge is 2.28. The molecule has 2 heteroatoms. The molecule has 0 fully saturated rings. The maximum absolute atomic E-state index is 3.83. The molecule has 1 heterocycles. The van der Waals surface area contributed by atoms with Gasteiger partial charge in [0.2, 0.25) is 0 Å². The lowest BCUT2D eigenvalue weighted by Gasteiger charge is -2.39. The molecule has 1 aliphatic heterocycles. The molecule has 2 nitrogen and oxygen atoms in total. The van der Waals surface area contributed by atoms with Crippen LogP contribution in [0.1, 0.15) is 76.5 Å². The Morgan fingerprint density at radius 2 is 2.06 bits per heavy atom. The molecule has 0 saturated heterocycles. The van der Waals surface area contributed by atoms with E-state index in [0.29, 0.717) is 6.04 Å². The minimum atomic E-state index is 0.670. The molecule has 0 radical (unpaired) electrons. The molecule has 168 valence electrons. The van der Waals surface area contributed by atoms with E-state index in [9.17, 15) is 0 Å². The smallest absolute Gasteiger partial charge is 0.0387 e.